The molecule has 2 aliphatic rings. The van der Waals surface area contributed by atoms with E-state index in [4.69, 9.17) is 10.5 Å². The number of nitrogens with zero attached hydrogens (tertiary/aromatic N) is 3. The number of nitrogen functional groups attached to an aromatic ring is 1. The van der Waals surface area contributed by atoms with Crippen molar-refractivity contribution in [2.75, 3.05) is 5.73 Å². The van der Waals surface area contributed by atoms with E-state index in [-0.39, 0.29) is 17.7 Å². The molecule has 102 valence electrons. The zero-order valence-electron chi connectivity index (χ0n) is 10.8. The first-order chi connectivity index (χ1) is 9.75. The van der Waals surface area contributed by atoms with Gasteiger partial charge in [0.05, 0.1) is 11.9 Å². The van der Waals surface area contributed by atoms with Crippen molar-refractivity contribution in [1.82, 2.24) is 14.5 Å². The van der Waals surface area contributed by atoms with E-state index in [9.17, 15) is 4.79 Å². The number of rotatable bonds is 2. The van der Waals surface area contributed by atoms with Crippen molar-refractivity contribution in [3.05, 3.63) is 40.6 Å². The summed E-state index contributed by atoms with van der Waals surface area (Å²) in [6, 6.07) is 1.92. The molecule has 2 aromatic rings. The highest BCUT2D eigenvalue weighted by Crippen LogP contribution is 2.36. The molecule has 0 bridgehead atoms. The summed E-state index contributed by atoms with van der Waals surface area (Å²) in [6.45, 7) is 0. The molecule has 1 atom stereocenters. The summed E-state index contributed by atoms with van der Waals surface area (Å²) in [6.07, 6.45) is 7.48. The minimum absolute atomic E-state index is 0.105. The van der Waals surface area contributed by atoms with Crippen LogP contribution in [-0.4, -0.2) is 14.5 Å². The van der Waals surface area contributed by atoms with E-state index in [2.05, 4.69) is 9.97 Å². The number of anilines is 1. The standard InChI is InChI=1S/C14H14N4O2/c15-9-5-6-16-13-11(9)17-12(10-2-1-7-20-10)14(19)18(13)8-3-4-8/h1,5-8,10H,2-4H2,(H2,15,16). The molecule has 4 rings (SSSR count). The first-order valence-electron chi connectivity index (χ1n) is 6.73. The maximum absolute atomic E-state index is 12.7. The van der Waals surface area contributed by atoms with Gasteiger partial charge in [-0.1, -0.05) is 0 Å². The van der Waals surface area contributed by atoms with E-state index in [0.29, 0.717) is 29.0 Å². The molecule has 2 aromatic heterocycles. The van der Waals surface area contributed by atoms with Crippen LogP contribution in [0.3, 0.4) is 0 Å². The largest absolute Gasteiger partial charge is 0.492 e. The Morgan fingerprint density at radius 1 is 1.40 bits per heavy atom. The Bertz CT molecular complexity index is 769. The smallest absolute Gasteiger partial charge is 0.278 e. The number of aromatic nitrogens is 3. The molecule has 0 spiro atoms. The fraction of sp³-hybridized carbons (Fsp3) is 0.357. The lowest BCUT2D eigenvalue weighted by Crippen LogP contribution is -2.27. The normalized spacial score (nSPS) is 21.3. The number of pyridine rings is 1. The molecule has 2 N–H and O–H groups in total. The van der Waals surface area contributed by atoms with Gasteiger partial charge >= 0.3 is 0 Å². The number of hydrogen-bond donors (Lipinski definition) is 1. The van der Waals surface area contributed by atoms with Gasteiger partial charge in [-0.15, -0.1) is 0 Å². The van der Waals surface area contributed by atoms with Gasteiger partial charge in [-0.25, -0.2) is 9.97 Å². The Kier molecular flexibility index (Phi) is 2.33. The van der Waals surface area contributed by atoms with Crippen LogP contribution in [0.15, 0.2) is 29.4 Å². The molecular weight excluding hydrogens is 256 g/mol. The van der Waals surface area contributed by atoms with Crippen LogP contribution in [0.1, 0.15) is 37.1 Å². The van der Waals surface area contributed by atoms with Gasteiger partial charge in [-0.2, -0.15) is 0 Å². The second-order valence-corrected chi connectivity index (χ2v) is 5.21. The molecule has 0 radical (unpaired) electrons. The van der Waals surface area contributed by atoms with Gasteiger partial charge < -0.3 is 10.5 Å². The Labute approximate surface area is 114 Å². The Morgan fingerprint density at radius 2 is 2.25 bits per heavy atom. The highest BCUT2D eigenvalue weighted by Gasteiger charge is 2.31. The van der Waals surface area contributed by atoms with Gasteiger partial charge in [-0.3, -0.25) is 9.36 Å². The third-order valence-electron chi connectivity index (χ3n) is 3.74. The highest BCUT2D eigenvalue weighted by atomic mass is 16.5. The molecule has 0 amide bonds. The van der Waals surface area contributed by atoms with Crippen LogP contribution < -0.4 is 11.3 Å². The first kappa shape index (κ1) is 11.5. The van der Waals surface area contributed by atoms with Crippen molar-refractivity contribution < 1.29 is 4.74 Å². The minimum Gasteiger partial charge on any atom is -0.492 e. The zero-order chi connectivity index (χ0) is 13.7. The van der Waals surface area contributed by atoms with E-state index in [1.165, 1.54) is 0 Å². The second kappa shape index (κ2) is 4.06. The number of fused-ring (bicyclic) bond motifs is 1. The summed E-state index contributed by atoms with van der Waals surface area (Å²) in [7, 11) is 0. The van der Waals surface area contributed by atoms with Gasteiger partial charge in [0.15, 0.2) is 5.65 Å². The van der Waals surface area contributed by atoms with E-state index >= 15 is 0 Å². The van der Waals surface area contributed by atoms with Crippen molar-refractivity contribution in [3.8, 4) is 0 Å². The quantitative estimate of drug-likeness (QED) is 0.897. The molecule has 6 heteroatoms. The van der Waals surface area contributed by atoms with E-state index in [1.807, 2.05) is 6.08 Å². The summed E-state index contributed by atoms with van der Waals surface area (Å²) in [5.41, 5.74) is 8.01. The summed E-state index contributed by atoms with van der Waals surface area (Å²) >= 11 is 0. The Balaban J connectivity index is 2.02. The zero-order valence-corrected chi connectivity index (χ0v) is 10.8. The van der Waals surface area contributed by atoms with Gasteiger partial charge in [-0.05, 0) is 25.0 Å². The van der Waals surface area contributed by atoms with Crippen LogP contribution in [0, 0.1) is 0 Å². The van der Waals surface area contributed by atoms with Crippen LogP contribution in [0.25, 0.3) is 11.2 Å². The summed E-state index contributed by atoms with van der Waals surface area (Å²) in [5.74, 6) is 0. The predicted octanol–water partition coefficient (Wildman–Crippen LogP) is 1.68. The van der Waals surface area contributed by atoms with Gasteiger partial charge in [0.25, 0.3) is 5.56 Å². The third kappa shape index (κ3) is 1.61. The van der Waals surface area contributed by atoms with Crippen LogP contribution >= 0.6 is 0 Å². The fourth-order valence-electron chi connectivity index (χ4n) is 2.58. The summed E-state index contributed by atoms with van der Waals surface area (Å²) in [4.78, 5) is 21.4. The number of nitrogens with two attached hydrogens (primary N) is 1. The molecule has 6 nitrogen and oxygen atoms in total. The van der Waals surface area contributed by atoms with Crippen molar-refractivity contribution in [2.24, 2.45) is 0 Å². The van der Waals surface area contributed by atoms with Gasteiger partial charge in [0.1, 0.15) is 17.3 Å². The van der Waals surface area contributed by atoms with Gasteiger partial charge in [0.2, 0.25) is 0 Å². The molecular formula is C14H14N4O2. The van der Waals surface area contributed by atoms with E-state index < -0.39 is 0 Å². The van der Waals surface area contributed by atoms with E-state index in [1.54, 1.807) is 23.1 Å². The maximum Gasteiger partial charge on any atom is 0.278 e. The monoisotopic (exact) mass is 270 g/mol. The summed E-state index contributed by atoms with van der Waals surface area (Å²) in [5, 5.41) is 0. The first-order valence-corrected chi connectivity index (χ1v) is 6.73. The van der Waals surface area contributed by atoms with Crippen molar-refractivity contribution >= 4 is 16.9 Å². The predicted molar refractivity (Wildman–Crippen MR) is 74.1 cm³/mol. The molecule has 1 unspecified atom stereocenters. The fourth-order valence-corrected chi connectivity index (χ4v) is 2.58. The topological polar surface area (TPSA) is 83.0 Å². The Hall–Kier alpha value is -2.37. The van der Waals surface area contributed by atoms with Crippen LogP contribution in [0.4, 0.5) is 5.69 Å². The molecule has 1 aliphatic carbocycles. The van der Waals surface area contributed by atoms with Crippen LogP contribution in [0.5, 0.6) is 0 Å². The van der Waals surface area contributed by atoms with Crippen molar-refractivity contribution in [3.63, 3.8) is 0 Å². The molecule has 1 aliphatic heterocycles. The maximum atomic E-state index is 12.7. The third-order valence-corrected chi connectivity index (χ3v) is 3.74. The molecule has 0 saturated heterocycles. The SMILES string of the molecule is Nc1ccnc2c1nc(C1CC=CO1)c(=O)n2C1CC1. The van der Waals surface area contributed by atoms with E-state index in [0.717, 1.165) is 12.8 Å². The second-order valence-electron chi connectivity index (χ2n) is 5.21. The summed E-state index contributed by atoms with van der Waals surface area (Å²) < 4.78 is 7.18. The average molecular weight is 270 g/mol. The average Bonchev–Trinajstić information content (AvgIpc) is 3.13. The van der Waals surface area contributed by atoms with Crippen LogP contribution in [-0.2, 0) is 4.74 Å². The lowest BCUT2D eigenvalue weighted by molar-refractivity contribution is 0.167. The minimum atomic E-state index is -0.309. The highest BCUT2D eigenvalue weighted by molar-refractivity contribution is 5.83. The van der Waals surface area contributed by atoms with Crippen molar-refractivity contribution in [2.45, 2.75) is 31.4 Å². The van der Waals surface area contributed by atoms with Crippen molar-refractivity contribution in [1.29, 1.82) is 0 Å². The lowest BCUT2D eigenvalue weighted by atomic mass is 10.2. The number of hydrogen-bond acceptors (Lipinski definition) is 5. The number of ether oxygens (including phenoxy) is 1. The molecule has 1 saturated carbocycles. The molecule has 0 aromatic carbocycles. The lowest BCUT2D eigenvalue weighted by Gasteiger charge is -2.14. The molecule has 1 fully saturated rings. The van der Waals surface area contributed by atoms with Gasteiger partial charge in [0, 0.05) is 18.7 Å². The molecule has 20 heavy (non-hydrogen) atoms. The Morgan fingerprint density at radius 3 is 2.95 bits per heavy atom. The van der Waals surface area contributed by atoms with Crippen LogP contribution in [0.2, 0.25) is 0 Å². The molecule has 3 heterocycles.